The van der Waals surface area contributed by atoms with Crippen molar-refractivity contribution in [3.05, 3.63) is 36.0 Å². The van der Waals surface area contributed by atoms with Gasteiger partial charge in [0.05, 0.1) is 7.11 Å². The number of carbonyl (C=O) groups is 1. The Kier molecular flexibility index (Phi) is 4.97. The van der Waals surface area contributed by atoms with Gasteiger partial charge in [-0.15, -0.1) is 13.2 Å². The maximum atomic E-state index is 11.9. The van der Waals surface area contributed by atoms with Crippen molar-refractivity contribution in [2.75, 3.05) is 12.4 Å². The molecule has 20 heavy (non-hydrogen) atoms. The number of rotatable bonds is 4. The second kappa shape index (κ2) is 6.47. The average molecular weight is 286 g/mol. The molecule has 1 aromatic rings. The molecule has 1 aromatic carbocycles. The van der Waals surface area contributed by atoms with Gasteiger partial charge in [-0.05, 0) is 24.3 Å². The standard InChI is InChI=1S/C12H9F3N2O3/c1-19-11(18)8(6-16)7-17-9-2-4-10(5-3-9)20-12(13,14)15/h2-5,7,17H,1H3/b8-7+. The molecule has 8 heteroatoms. The van der Waals surface area contributed by atoms with Gasteiger partial charge in [-0.1, -0.05) is 0 Å². The molecule has 106 valence electrons. The number of benzene rings is 1. The van der Waals surface area contributed by atoms with Crippen molar-refractivity contribution >= 4 is 11.7 Å². The quantitative estimate of drug-likeness (QED) is 0.523. The van der Waals surface area contributed by atoms with E-state index in [2.05, 4.69) is 14.8 Å². The molecule has 0 fully saturated rings. The average Bonchev–Trinajstić information content (AvgIpc) is 2.39. The van der Waals surface area contributed by atoms with Crippen LogP contribution in [0.5, 0.6) is 5.75 Å². The highest BCUT2D eigenvalue weighted by molar-refractivity contribution is 5.92. The van der Waals surface area contributed by atoms with Gasteiger partial charge < -0.3 is 14.8 Å². The molecule has 0 bridgehead atoms. The van der Waals surface area contributed by atoms with Crippen molar-refractivity contribution in [2.45, 2.75) is 6.36 Å². The van der Waals surface area contributed by atoms with E-state index >= 15 is 0 Å². The van der Waals surface area contributed by atoms with Crippen molar-refractivity contribution in [2.24, 2.45) is 0 Å². The molecule has 0 aliphatic rings. The molecule has 0 spiro atoms. The Morgan fingerprint density at radius 2 is 1.95 bits per heavy atom. The summed E-state index contributed by atoms with van der Waals surface area (Å²) in [6.07, 6.45) is -3.67. The Balaban J connectivity index is 2.73. The van der Waals surface area contributed by atoms with Gasteiger partial charge in [-0.3, -0.25) is 0 Å². The van der Waals surface area contributed by atoms with Crippen LogP contribution in [0.25, 0.3) is 0 Å². The normalized spacial score (nSPS) is 11.4. The first-order chi connectivity index (χ1) is 9.35. The highest BCUT2D eigenvalue weighted by Crippen LogP contribution is 2.23. The molecule has 0 unspecified atom stereocenters. The molecule has 0 atom stereocenters. The van der Waals surface area contributed by atoms with Crippen LogP contribution in [-0.4, -0.2) is 19.4 Å². The summed E-state index contributed by atoms with van der Waals surface area (Å²) >= 11 is 0. The minimum Gasteiger partial charge on any atom is -0.465 e. The van der Waals surface area contributed by atoms with Gasteiger partial charge in [0.2, 0.25) is 0 Å². The topological polar surface area (TPSA) is 71.4 Å². The SMILES string of the molecule is COC(=O)/C(C#N)=C/Nc1ccc(OC(F)(F)F)cc1. The van der Waals surface area contributed by atoms with Gasteiger partial charge in [0.1, 0.15) is 11.8 Å². The summed E-state index contributed by atoms with van der Waals surface area (Å²) in [5, 5.41) is 11.3. The number of halogens is 3. The Hall–Kier alpha value is -2.69. The van der Waals surface area contributed by atoms with Crippen LogP contribution >= 0.6 is 0 Å². The number of nitrogens with zero attached hydrogens (tertiary/aromatic N) is 1. The van der Waals surface area contributed by atoms with Crippen LogP contribution in [0.1, 0.15) is 0 Å². The number of hydrogen-bond acceptors (Lipinski definition) is 5. The fraction of sp³-hybridized carbons (Fsp3) is 0.167. The van der Waals surface area contributed by atoms with Crippen LogP contribution in [0.4, 0.5) is 18.9 Å². The fourth-order valence-electron chi connectivity index (χ4n) is 1.16. The molecular weight excluding hydrogens is 277 g/mol. The molecular formula is C12H9F3N2O3. The first-order valence-electron chi connectivity index (χ1n) is 5.16. The molecule has 5 nitrogen and oxygen atoms in total. The van der Waals surface area contributed by atoms with Crippen molar-refractivity contribution in [1.29, 1.82) is 5.26 Å². The molecule has 1 N–H and O–H groups in total. The summed E-state index contributed by atoms with van der Waals surface area (Å²) < 4.78 is 43.8. The molecule has 0 heterocycles. The number of nitrogens with one attached hydrogen (secondary N) is 1. The number of anilines is 1. The van der Waals surface area contributed by atoms with Gasteiger partial charge in [0.25, 0.3) is 0 Å². The molecule has 0 amide bonds. The van der Waals surface area contributed by atoms with Crippen molar-refractivity contribution in [3.8, 4) is 11.8 Å². The smallest absolute Gasteiger partial charge is 0.465 e. The third-order valence-electron chi connectivity index (χ3n) is 2.00. The second-order valence-electron chi connectivity index (χ2n) is 3.38. The number of carbonyl (C=O) groups excluding carboxylic acids is 1. The van der Waals surface area contributed by atoms with E-state index in [1.54, 1.807) is 6.07 Å². The molecule has 0 saturated carbocycles. The molecule has 0 radical (unpaired) electrons. The zero-order valence-corrected chi connectivity index (χ0v) is 10.2. The zero-order chi connectivity index (χ0) is 15.2. The minimum atomic E-state index is -4.76. The van der Waals surface area contributed by atoms with Crippen LogP contribution < -0.4 is 10.1 Å². The van der Waals surface area contributed by atoms with E-state index in [-0.39, 0.29) is 11.3 Å². The molecule has 0 aliphatic heterocycles. The summed E-state index contributed by atoms with van der Waals surface area (Å²) in [5.74, 6) is -1.20. The van der Waals surface area contributed by atoms with Gasteiger partial charge in [-0.25, -0.2) is 4.79 Å². The summed E-state index contributed by atoms with van der Waals surface area (Å²) in [6, 6.07) is 6.39. The Morgan fingerprint density at radius 1 is 1.35 bits per heavy atom. The molecule has 0 aromatic heterocycles. The zero-order valence-electron chi connectivity index (χ0n) is 10.2. The molecule has 0 aliphatic carbocycles. The number of alkyl halides is 3. The van der Waals surface area contributed by atoms with E-state index in [1.165, 1.54) is 12.1 Å². The lowest BCUT2D eigenvalue weighted by Crippen LogP contribution is -2.16. The number of esters is 1. The highest BCUT2D eigenvalue weighted by atomic mass is 19.4. The highest BCUT2D eigenvalue weighted by Gasteiger charge is 2.30. The third kappa shape index (κ3) is 4.89. The molecule has 1 rings (SSSR count). The lowest BCUT2D eigenvalue weighted by molar-refractivity contribution is -0.274. The number of methoxy groups -OCH3 is 1. The Labute approximate surface area is 112 Å². The second-order valence-corrected chi connectivity index (χ2v) is 3.38. The maximum Gasteiger partial charge on any atom is 0.573 e. The predicted octanol–water partition coefficient (Wildman–Crippen LogP) is 2.58. The monoisotopic (exact) mass is 286 g/mol. The van der Waals surface area contributed by atoms with E-state index in [0.29, 0.717) is 5.69 Å². The van der Waals surface area contributed by atoms with Crippen molar-refractivity contribution in [1.82, 2.24) is 0 Å². The lowest BCUT2D eigenvalue weighted by Gasteiger charge is -2.09. The third-order valence-corrected chi connectivity index (χ3v) is 2.00. The summed E-state index contributed by atoms with van der Waals surface area (Å²) in [5.41, 5.74) is 0.0966. The first kappa shape index (κ1) is 15.4. The van der Waals surface area contributed by atoms with Crippen molar-refractivity contribution < 1.29 is 27.4 Å². The predicted molar refractivity (Wildman–Crippen MR) is 62.5 cm³/mol. The van der Waals surface area contributed by atoms with Crippen LogP contribution in [0.15, 0.2) is 36.0 Å². The number of hydrogen-bond donors (Lipinski definition) is 1. The summed E-state index contributed by atoms with van der Waals surface area (Å²) in [7, 11) is 1.12. The van der Waals surface area contributed by atoms with E-state index < -0.39 is 12.3 Å². The summed E-state index contributed by atoms with van der Waals surface area (Å²) in [4.78, 5) is 11.1. The van der Waals surface area contributed by atoms with Gasteiger partial charge >= 0.3 is 12.3 Å². The number of ether oxygens (including phenoxy) is 2. The van der Waals surface area contributed by atoms with Crippen molar-refractivity contribution in [3.63, 3.8) is 0 Å². The lowest BCUT2D eigenvalue weighted by atomic mass is 10.3. The van der Waals surface area contributed by atoms with Crippen LogP contribution in [0, 0.1) is 11.3 Å². The van der Waals surface area contributed by atoms with Gasteiger partial charge in [-0.2, -0.15) is 5.26 Å². The Morgan fingerprint density at radius 3 is 2.40 bits per heavy atom. The van der Waals surface area contributed by atoms with Crippen LogP contribution in [-0.2, 0) is 9.53 Å². The number of nitriles is 1. The molecule has 0 saturated heterocycles. The van der Waals surface area contributed by atoms with E-state index in [0.717, 1.165) is 25.4 Å². The van der Waals surface area contributed by atoms with E-state index in [1.807, 2.05) is 0 Å². The van der Waals surface area contributed by atoms with Gasteiger partial charge in [0, 0.05) is 11.9 Å². The summed E-state index contributed by atoms with van der Waals surface area (Å²) in [6.45, 7) is 0. The first-order valence-corrected chi connectivity index (χ1v) is 5.16. The Bertz CT molecular complexity index is 545. The van der Waals surface area contributed by atoms with Crippen LogP contribution in [0.3, 0.4) is 0 Å². The van der Waals surface area contributed by atoms with E-state index in [4.69, 9.17) is 5.26 Å². The van der Waals surface area contributed by atoms with Gasteiger partial charge in [0.15, 0.2) is 5.57 Å². The van der Waals surface area contributed by atoms with Crippen LogP contribution in [0.2, 0.25) is 0 Å². The largest absolute Gasteiger partial charge is 0.573 e. The fourth-order valence-corrected chi connectivity index (χ4v) is 1.16. The maximum absolute atomic E-state index is 11.9. The minimum absolute atomic E-state index is 0.275. The van der Waals surface area contributed by atoms with E-state index in [9.17, 15) is 18.0 Å².